The smallest absolute Gasteiger partial charge is 0.132 e. The molecular formula is C12H20N2O3S. The van der Waals surface area contributed by atoms with Crippen LogP contribution in [0.15, 0.2) is 23.1 Å². The summed E-state index contributed by atoms with van der Waals surface area (Å²) in [6.45, 7) is 6.29. The summed E-state index contributed by atoms with van der Waals surface area (Å²) in [6.07, 6.45) is 0. The van der Waals surface area contributed by atoms with Crippen LogP contribution in [0, 0.1) is 4.78 Å². The molecule has 5 nitrogen and oxygen atoms in total. The zero-order chi connectivity index (χ0) is 14.4. The second kappa shape index (κ2) is 4.31. The molecule has 18 heavy (non-hydrogen) atoms. The van der Waals surface area contributed by atoms with Gasteiger partial charge in [-0.25, -0.2) is 14.1 Å². The molecule has 0 spiro atoms. The Morgan fingerprint density at radius 1 is 1.06 bits per heavy atom. The van der Waals surface area contributed by atoms with Crippen LogP contribution in [0.5, 0.6) is 0 Å². The molecule has 1 atom stereocenters. The highest BCUT2D eigenvalue weighted by molar-refractivity contribution is 7.90. The van der Waals surface area contributed by atoms with E-state index in [1.165, 1.54) is 12.1 Å². The van der Waals surface area contributed by atoms with Crippen LogP contribution >= 0.6 is 0 Å². The molecule has 5 N–H and O–H groups in total. The van der Waals surface area contributed by atoms with Gasteiger partial charge in [-0.15, -0.1) is 0 Å². The highest BCUT2D eigenvalue weighted by atomic mass is 32.2. The maximum atomic E-state index is 11.6. The molecule has 0 heterocycles. The van der Waals surface area contributed by atoms with Crippen molar-refractivity contribution in [3.8, 4) is 0 Å². The molecule has 0 aromatic heterocycles. The lowest BCUT2D eigenvalue weighted by Crippen LogP contribution is -2.22. The highest BCUT2D eigenvalue weighted by Gasteiger charge is 2.24. The van der Waals surface area contributed by atoms with Crippen molar-refractivity contribution < 1.29 is 14.4 Å². The van der Waals surface area contributed by atoms with Crippen LogP contribution in [0.1, 0.15) is 38.8 Å². The fourth-order valence-corrected chi connectivity index (χ4v) is 2.08. The van der Waals surface area contributed by atoms with E-state index in [-0.39, 0.29) is 4.90 Å². The molecule has 0 aliphatic rings. The molecule has 0 bridgehead atoms. The van der Waals surface area contributed by atoms with Gasteiger partial charge in [-0.05, 0) is 51.0 Å². The van der Waals surface area contributed by atoms with Crippen molar-refractivity contribution in [3.63, 3.8) is 0 Å². The van der Waals surface area contributed by atoms with E-state index >= 15 is 0 Å². The van der Waals surface area contributed by atoms with E-state index in [4.69, 9.17) is 9.92 Å². The summed E-state index contributed by atoms with van der Waals surface area (Å²) in [5, 5.41) is 25.3. The van der Waals surface area contributed by atoms with E-state index in [1.54, 1.807) is 33.8 Å². The number of nitrogens with two attached hydrogens (primary N) is 1. The predicted molar refractivity (Wildman–Crippen MR) is 70.2 cm³/mol. The van der Waals surface area contributed by atoms with Gasteiger partial charge in [0.1, 0.15) is 9.92 Å². The van der Waals surface area contributed by atoms with Gasteiger partial charge in [-0.1, -0.05) is 6.07 Å². The third-order valence-corrected chi connectivity index (χ3v) is 3.61. The fraction of sp³-hybridized carbons (Fsp3) is 0.500. The van der Waals surface area contributed by atoms with E-state index < -0.39 is 21.1 Å². The van der Waals surface area contributed by atoms with E-state index in [1.807, 2.05) is 0 Å². The van der Waals surface area contributed by atoms with E-state index in [0.29, 0.717) is 11.1 Å². The van der Waals surface area contributed by atoms with Crippen LogP contribution in [0.4, 0.5) is 0 Å². The number of hydrogen-bond acceptors (Lipinski definition) is 4. The van der Waals surface area contributed by atoms with E-state index in [0.717, 1.165) is 0 Å². The second-order valence-corrected chi connectivity index (χ2v) is 7.14. The molecule has 0 aliphatic heterocycles. The minimum absolute atomic E-state index is 0.0965. The second-order valence-electron chi connectivity index (χ2n) is 5.46. The largest absolute Gasteiger partial charge is 0.386 e. The van der Waals surface area contributed by atoms with Gasteiger partial charge >= 0.3 is 0 Å². The molecule has 6 heteroatoms. The molecule has 1 unspecified atom stereocenters. The normalized spacial score (nSPS) is 16.4. The first-order valence-corrected chi connectivity index (χ1v) is 7.11. The van der Waals surface area contributed by atoms with Gasteiger partial charge < -0.3 is 10.2 Å². The van der Waals surface area contributed by atoms with Gasteiger partial charge in [-0.2, -0.15) is 0 Å². The van der Waals surface area contributed by atoms with Crippen molar-refractivity contribution >= 4 is 9.92 Å². The average molecular weight is 272 g/mol. The molecule has 1 aromatic carbocycles. The number of hydrogen-bond donors (Lipinski definition) is 4. The Morgan fingerprint density at radius 2 is 1.39 bits per heavy atom. The SMILES string of the molecule is CC(C)(O)c1cc(C(C)(C)O)cc(S(=N)(N)=O)c1. The maximum Gasteiger partial charge on any atom is 0.132 e. The summed E-state index contributed by atoms with van der Waals surface area (Å²) in [7, 11) is -3.39. The topological polar surface area (TPSA) is 107 Å². The van der Waals surface area contributed by atoms with Crippen LogP contribution in [0.3, 0.4) is 0 Å². The molecule has 0 saturated carbocycles. The lowest BCUT2D eigenvalue weighted by Gasteiger charge is -2.24. The van der Waals surface area contributed by atoms with Gasteiger partial charge in [-0.3, -0.25) is 0 Å². The monoisotopic (exact) mass is 272 g/mol. The van der Waals surface area contributed by atoms with E-state index in [9.17, 15) is 14.4 Å². The summed E-state index contributed by atoms with van der Waals surface area (Å²) in [4.78, 5) is 0.0965. The van der Waals surface area contributed by atoms with E-state index in [2.05, 4.69) is 0 Å². The number of aliphatic hydroxyl groups is 2. The Morgan fingerprint density at radius 3 is 1.61 bits per heavy atom. The van der Waals surface area contributed by atoms with Gasteiger partial charge in [0.25, 0.3) is 0 Å². The lowest BCUT2D eigenvalue weighted by molar-refractivity contribution is 0.0713. The molecular weight excluding hydrogens is 252 g/mol. The van der Waals surface area contributed by atoms with Gasteiger partial charge in [0.05, 0.1) is 16.1 Å². The quantitative estimate of drug-likeness (QED) is 0.668. The minimum Gasteiger partial charge on any atom is -0.386 e. The zero-order valence-corrected chi connectivity index (χ0v) is 11.8. The third-order valence-electron chi connectivity index (χ3n) is 2.67. The van der Waals surface area contributed by atoms with Crippen molar-refractivity contribution in [1.29, 1.82) is 4.78 Å². The van der Waals surface area contributed by atoms with Gasteiger partial charge in [0.2, 0.25) is 0 Å². The summed E-state index contributed by atoms with van der Waals surface area (Å²) in [6, 6.07) is 4.49. The Labute approximate surface area is 108 Å². The van der Waals surface area contributed by atoms with Crippen molar-refractivity contribution in [2.24, 2.45) is 5.14 Å². The number of nitrogens with one attached hydrogen (secondary N) is 1. The summed E-state index contributed by atoms with van der Waals surface area (Å²) >= 11 is 0. The Kier molecular flexibility index (Phi) is 3.62. The fourth-order valence-electron chi connectivity index (χ4n) is 1.48. The number of rotatable bonds is 3. The summed E-state index contributed by atoms with van der Waals surface area (Å²) in [5.41, 5.74) is -1.41. The van der Waals surface area contributed by atoms with Gasteiger partial charge in [0, 0.05) is 0 Å². The van der Waals surface area contributed by atoms with Crippen LogP contribution in [0.25, 0.3) is 0 Å². The first-order valence-electron chi connectivity index (χ1n) is 5.49. The van der Waals surface area contributed by atoms with Crippen LogP contribution in [0.2, 0.25) is 0 Å². The third kappa shape index (κ3) is 3.52. The van der Waals surface area contributed by atoms with Gasteiger partial charge in [0.15, 0.2) is 0 Å². The van der Waals surface area contributed by atoms with Crippen LogP contribution in [-0.2, 0) is 21.1 Å². The molecule has 0 saturated heterocycles. The molecule has 0 amide bonds. The van der Waals surface area contributed by atoms with Crippen molar-refractivity contribution in [2.75, 3.05) is 0 Å². The molecule has 0 radical (unpaired) electrons. The predicted octanol–water partition coefficient (Wildman–Crippen LogP) is 1.42. The summed E-state index contributed by atoms with van der Waals surface area (Å²) < 4.78 is 19.0. The zero-order valence-electron chi connectivity index (χ0n) is 11.0. The Hall–Kier alpha value is -0.950. The molecule has 1 aromatic rings. The lowest BCUT2D eigenvalue weighted by atomic mass is 9.91. The van der Waals surface area contributed by atoms with Crippen molar-refractivity contribution in [3.05, 3.63) is 29.3 Å². The molecule has 0 aliphatic carbocycles. The summed E-state index contributed by atoms with van der Waals surface area (Å²) in [5.74, 6) is 0. The van der Waals surface area contributed by atoms with Crippen molar-refractivity contribution in [2.45, 2.75) is 43.8 Å². The standard InChI is InChI=1S/C12H20N2O3S/c1-11(2,15)8-5-9(12(3,4)16)7-10(6-8)18(13,14)17/h5-7,15-16H,1-4H3,(H3,13,14,17). The Balaban J connectivity index is 3.60. The average Bonchev–Trinajstić information content (AvgIpc) is 2.13. The molecule has 102 valence electrons. The van der Waals surface area contributed by atoms with Crippen LogP contribution < -0.4 is 5.14 Å². The maximum absolute atomic E-state index is 11.6. The van der Waals surface area contributed by atoms with Crippen molar-refractivity contribution in [1.82, 2.24) is 0 Å². The highest BCUT2D eigenvalue weighted by Crippen LogP contribution is 2.29. The molecule has 1 rings (SSSR count). The first-order chi connectivity index (χ1) is 7.82. The Bertz CT molecular complexity index is 519. The first kappa shape index (κ1) is 15.1. The minimum atomic E-state index is -3.39. The molecule has 0 fully saturated rings. The number of benzene rings is 1. The van der Waals surface area contributed by atoms with Crippen LogP contribution in [-0.4, -0.2) is 14.4 Å².